The lowest BCUT2D eigenvalue weighted by Gasteiger charge is -2.30. The number of benzene rings is 4. The highest BCUT2D eigenvalue weighted by Crippen LogP contribution is 2.32. The van der Waals surface area contributed by atoms with Gasteiger partial charge in [-0.15, -0.1) is 0 Å². The van der Waals surface area contributed by atoms with E-state index in [0.717, 1.165) is 9.87 Å². The molecule has 0 bridgehead atoms. The minimum absolute atomic E-state index is 0.0308. The summed E-state index contributed by atoms with van der Waals surface area (Å²) in [6.07, 6.45) is 0. The van der Waals surface area contributed by atoms with Crippen LogP contribution in [0.15, 0.2) is 113 Å². The molecule has 0 saturated heterocycles. The fourth-order valence-corrected chi connectivity index (χ4v) is 6.72. The molecular weight excluding hydrogens is 603 g/mol. The Morgan fingerprint density at radius 2 is 1.43 bits per heavy atom. The van der Waals surface area contributed by atoms with Crippen molar-refractivity contribution in [2.75, 3.05) is 18.4 Å². The van der Waals surface area contributed by atoms with Gasteiger partial charge in [-0.3, -0.25) is 18.6 Å². The molecule has 1 unspecified atom stereocenters. The quantitative estimate of drug-likeness (QED) is 0.211. The molecule has 0 aliphatic heterocycles. The van der Waals surface area contributed by atoms with Crippen molar-refractivity contribution < 1.29 is 17.6 Å². The van der Waals surface area contributed by atoms with Crippen LogP contribution in [0.2, 0.25) is 5.02 Å². The summed E-state index contributed by atoms with van der Waals surface area (Å²) in [5.41, 5.74) is 1.84. The van der Waals surface area contributed by atoms with E-state index in [1.165, 1.54) is 47.0 Å². The van der Waals surface area contributed by atoms with Crippen LogP contribution in [0.5, 0.6) is 0 Å². The van der Waals surface area contributed by atoms with E-state index >= 15 is 0 Å². The van der Waals surface area contributed by atoms with Gasteiger partial charge in [-0.2, -0.15) is 0 Å². The van der Waals surface area contributed by atoms with Crippen LogP contribution in [0.1, 0.15) is 33.2 Å². The Hall–Kier alpha value is -4.67. The number of sulfonamides is 1. The van der Waals surface area contributed by atoms with E-state index in [1.54, 1.807) is 62.1 Å². The third-order valence-electron chi connectivity index (χ3n) is 7.67. The molecule has 0 radical (unpaired) electrons. The average molecular weight is 633 g/mol. The van der Waals surface area contributed by atoms with Crippen molar-refractivity contribution in [2.45, 2.75) is 17.9 Å². The molecule has 0 spiro atoms. The topological polar surface area (TPSA) is 84.6 Å². The molecule has 1 amide bonds. The van der Waals surface area contributed by atoms with Crippen molar-refractivity contribution in [1.82, 2.24) is 14.3 Å². The fourth-order valence-electron chi connectivity index (χ4n) is 5.25. The maximum atomic E-state index is 14.0. The van der Waals surface area contributed by atoms with Crippen LogP contribution in [0.25, 0.3) is 5.69 Å². The third-order valence-corrected chi connectivity index (χ3v) is 9.76. The second kappa shape index (κ2) is 12.1. The molecule has 0 aliphatic rings. The van der Waals surface area contributed by atoms with Gasteiger partial charge >= 0.3 is 0 Å². The molecule has 5 rings (SSSR count). The van der Waals surface area contributed by atoms with Crippen molar-refractivity contribution in [3.05, 3.63) is 147 Å². The van der Waals surface area contributed by atoms with Gasteiger partial charge < -0.3 is 4.90 Å². The summed E-state index contributed by atoms with van der Waals surface area (Å²) < 4.78 is 45.5. The van der Waals surface area contributed by atoms with Crippen LogP contribution in [0.3, 0.4) is 0 Å². The zero-order chi connectivity index (χ0) is 31.8. The highest BCUT2D eigenvalue weighted by Gasteiger charge is 2.31. The van der Waals surface area contributed by atoms with Gasteiger partial charge in [0.2, 0.25) is 0 Å². The molecule has 0 fully saturated rings. The van der Waals surface area contributed by atoms with Gasteiger partial charge in [-0.05, 0) is 60.5 Å². The monoisotopic (exact) mass is 632 g/mol. The number of carbonyl (C=O) groups is 1. The molecule has 0 aliphatic carbocycles. The van der Waals surface area contributed by atoms with Crippen molar-refractivity contribution in [2.24, 2.45) is 7.05 Å². The van der Waals surface area contributed by atoms with E-state index < -0.39 is 33.3 Å². The van der Waals surface area contributed by atoms with E-state index in [0.29, 0.717) is 16.9 Å². The number of hydrogen-bond donors (Lipinski definition) is 0. The smallest absolute Gasteiger partial charge is 0.296 e. The Bertz CT molecular complexity index is 1990. The maximum Gasteiger partial charge on any atom is 0.296 e. The van der Waals surface area contributed by atoms with Gasteiger partial charge in [0.1, 0.15) is 11.5 Å². The summed E-state index contributed by atoms with van der Waals surface area (Å²) in [5.74, 6) is -0.959. The van der Waals surface area contributed by atoms with Gasteiger partial charge in [0, 0.05) is 21.1 Å². The zero-order valence-corrected chi connectivity index (χ0v) is 26.1. The number of rotatable bonds is 8. The molecule has 1 aromatic heterocycles. The number of aromatic nitrogens is 2. The van der Waals surface area contributed by atoms with E-state index in [1.807, 2.05) is 36.4 Å². The molecule has 8 nitrogen and oxygen atoms in total. The van der Waals surface area contributed by atoms with Crippen molar-refractivity contribution in [1.29, 1.82) is 0 Å². The fraction of sp³-hybridized carbons (Fsp3) is 0.152. The minimum atomic E-state index is -4.31. The first-order valence-corrected chi connectivity index (χ1v) is 15.5. The predicted octanol–water partition coefficient (Wildman–Crippen LogP) is 5.96. The standard InChI is InChI=1S/C33H30ClFN4O4S/c1-22-30(33(41)39(37(22)3)26-13-9-6-10-14-26)38(4)44(42,43)27-19-20-29(34)28(21-27)32(40)36(2)31(23-11-7-5-8-12-23)24-15-17-25(35)18-16-24/h5-21,31H,1-4H3. The number of halogens is 2. The lowest BCUT2D eigenvalue weighted by molar-refractivity contribution is 0.0755. The number of amides is 1. The van der Waals surface area contributed by atoms with Gasteiger partial charge in [0.15, 0.2) is 0 Å². The van der Waals surface area contributed by atoms with Crippen LogP contribution in [-0.2, 0) is 17.1 Å². The van der Waals surface area contributed by atoms with Crippen molar-refractivity contribution >= 4 is 33.2 Å². The van der Waals surface area contributed by atoms with E-state index in [4.69, 9.17) is 11.6 Å². The molecule has 1 heterocycles. The van der Waals surface area contributed by atoms with Crippen LogP contribution in [0, 0.1) is 12.7 Å². The number of anilines is 1. The van der Waals surface area contributed by atoms with Crippen LogP contribution in [-0.4, -0.2) is 42.7 Å². The lowest BCUT2D eigenvalue weighted by Crippen LogP contribution is -2.33. The first kappa shape index (κ1) is 30.8. The van der Waals surface area contributed by atoms with Crippen molar-refractivity contribution in [3.63, 3.8) is 0 Å². The summed E-state index contributed by atoms with van der Waals surface area (Å²) in [4.78, 5) is 28.7. The van der Waals surface area contributed by atoms with Crippen molar-refractivity contribution in [3.8, 4) is 5.69 Å². The molecule has 0 N–H and O–H groups in total. The molecule has 0 saturated carbocycles. The Morgan fingerprint density at radius 3 is 2.05 bits per heavy atom. The Labute approximate surface area is 260 Å². The summed E-state index contributed by atoms with van der Waals surface area (Å²) in [7, 11) is 0.237. The van der Waals surface area contributed by atoms with Gasteiger partial charge in [0.05, 0.1) is 32.9 Å². The van der Waals surface area contributed by atoms with Crippen LogP contribution < -0.4 is 9.86 Å². The largest absolute Gasteiger partial charge is 0.331 e. The van der Waals surface area contributed by atoms with Gasteiger partial charge in [0.25, 0.3) is 21.5 Å². The molecule has 1 atom stereocenters. The highest BCUT2D eigenvalue weighted by atomic mass is 35.5. The summed E-state index contributed by atoms with van der Waals surface area (Å²) in [5, 5.41) is 0.0525. The van der Waals surface area contributed by atoms with Gasteiger partial charge in [-0.25, -0.2) is 17.5 Å². The average Bonchev–Trinajstić information content (AvgIpc) is 3.25. The number of nitrogens with zero attached hydrogens (tertiary/aromatic N) is 4. The summed E-state index contributed by atoms with van der Waals surface area (Å²) in [6.45, 7) is 1.66. The van der Waals surface area contributed by atoms with Crippen LogP contribution in [0.4, 0.5) is 10.1 Å². The number of hydrogen-bond acceptors (Lipinski definition) is 4. The first-order chi connectivity index (χ1) is 20.9. The highest BCUT2D eigenvalue weighted by molar-refractivity contribution is 7.92. The van der Waals surface area contributed by atoms with E-state index in [-0.39, 0.29) is 21.2 Å². The van der Waals surface area contributed by atoms with E-state index in [2.05, 4.69) is 0 Å². The van der Waals surface area contributed by atoms with E-state index in [9.17, 15) is 22.4 Å². The molecule has 44 heavy (non-hydrogen) atoms. The maximum absolute atomic E-state index is 14.0. The van der Waals surface area contributed by atoms with Gasteiger partial charge in [-0.1, -0.05) is 72.3 Å². The molecule has 226 valence electrons. The lowest BCUT2D eigenvalue weighted by atomic mass is 9.96. The second-order valence-corrected chi connectivity index (χ2v) is 12.7. The number of para-hydroxylation sites is 1. The Balaban J connectivity index is 1.54. The molecule has 5 aromatic rings. The predicted molar refractivity (Wildman–Crippen MR) is 170 cm³/mol. The molecule has 11 heteroatoms. The molecular formula is C33H30ClFN4O4S. The summed E-state index contributed by atoms with van der Waals surface area (Å²) >= 11 is 6.48. The Morgan fingerprint density at radius 1 is 0.864 bits per heavy atom. The Kier molecular flexibility index (Phi) is 8.49. The number of carbonyl (C=O) groups excluding carboxylic acids is 1. The minimum Gasteiger partial charge on any atom is -0.331 e. The normalized spacial score (nSPS) is 12.1. The van der Waals surface area contributed by atoms with Crippen LogP contribution >= 0.6 is 11.6 Å². The first-order valence-electron chi connectivity index (χ1n) is 13.6. The third kappa shape index (κ3) is 5.54. The zero-order valence-electron chi connectivity index (χ0n) is 24.5. The molecule has 4 aromatic carbocycles. The summed E-state index contributed by atoms with van der Waals surface area (Å²) in [6, 6.07) is 27.2. The SMILES string of the molecule is Cc1c(N(C)S(=O)(=O)c2ccc(Cl)c(C(=O)N(C)C(c3ccccc3)c3ccc(F)cc3)c2)c(=O)n(-c2ccccc2)n1C. The second-order valence-electron chi connectivity index (χ2n) is 10.3.